The van der Waals surface area contributed by atoms with Crippen LogP contribution < -0.4 is 10.6 Å². The minimum absolute atomic E-state index is 0.146. The average Bonchev–Trinajstić information content (AvgIpc) is 2.48. The summed E-state index contributed by atoms with van der Waals surface area (Å²) in [5.74, 6) is 1.02. The largest absolute Gasteiger partial charge is 0.443 e. The van der Waals surface area contributed by atoms with E-state index in [4.69, 9.17) is 10.5 Å². The number of fused-ring (bicyclic) bond motifs is 1. The number of carbonyl (C=O) groups is 1. The lowest BCUT2D eigenvalue weighted by Crippen LogP contribution is -2.38. The van der Waals surface area contributed by atoms with Gasteiger partial charge in [0.2, 0.25) is 0 Å². The van der Waals surface area contributed by atoms with E-state index in [0.717, 1.165) is 5.56 Å². The number of ether oxygens (including phenoxy) is 1. The van der Waals surface area contributed by atoms with Crippen LogP contribution in [-0.4, -0.2) is 23.2 Å². The Morgan fingerprint density at radius 1 is 1.42 bits per heavy atom. The summed E-state index contributed by atoms with van der Waals surface area (Å²) in [6, 6.07) is 3.70. The number of nitrogens with two attached hydrogens (primary N) is 1. The maximum Gasteiger partial charge on any atom is 0.416 e. The first kappa shape index (κ1) is 13.6. The molecule has 2 rings (SSSR count). The molecule has 104 valence electrons. The number of hydrogen-bond acceptors (Lipinski definition) is 4. The molecule has 0 spiro atoms. The molecule has 0 atom stereocenters. The second-order valence-electron chi connectivity index (χ2n) is 6.56. The molecular formula is C14H21N3O2. The highest BCUT2D eigenvalue weighted by Crippen LogP contribution is 2.40. The number of pyridine rings is 1. The van der Waals surface area contributed by atoms with Crippen LogP contribution in [0.4, 0.5) is 16.4 Å². The molecule has 0 bridgehead atoms. The molecule has 0 aliphatic carbocycles. The van der Waals surface area contributed by atoms with Gasteiger partial charge in [0, 0.05) is 17.5 Å². The summed E-state index contributed by atoms with van der Waals surface area (Å²) >= 11 is 0. The van der Waals surface area contributed by atoms with Crippen molar-refractivity contribution in [2.45, 2.75) is 45.6 Å². The van der Waals surface area contributed by atoms with Gasteiger partial charge >= 0.3 is 6.09 Å². The molecule has 0 unspecified atom stereocenters. The van der Waals surface area contributed by atoms with E-state index in [1.54, 1.807) is 11.0 Å². The highest BCUT2D eigenvalue weighted by Gasteiger charge is 2.40. The molecule has 1 aliphatic heterocycles. The van der Waals surface area contributed by atoms with Gasteiger partial charge in [0.05, 0.1) is 0 Å². The maximum absolute atomic E-state index is 12.2. The fourth-order valence-electron chi connectivity index (χ4n) is 2.22. The molecular weight excluding hydrogens is 242 g/mol. The summed E-state index contributed by atoms with van der Waals surface area (Å²) in [5, 5.41) is 0. The lowest BCUT2D eigenvalue weighted by atomic mass is 9.88. The Balaban J connectivity index is 2.36. The van der Waals surface area contributed by atoms with Crippen molar-refractivity contribution in [3.8, 4) is 0 Å². The topological polar surface area (TPSA) is 68.5 Å². The van der Waals surface area contributed by atoms with Crippen molar-refractivity contribution in [2.24, 2.45) is 0 Å². The van der Waals surface area contributed by atoms with Crippen LogP contribution in [0.1, 0.15) is 40.2 Å². The second-order valence-corrected chi connectivity index (χ2v) is 6.56. The number of aromatic nitrogens is 1. The SMILES string of the molecule is CC(C)(C)OC(=O)N1CC(C)(C)c2ccc(N)nc21. The molecule has 1 aliphatic rings. The molecule has 0 saturated carbocycles. The summed E-state index contributed by atoms with van der Waals surface area (Å²) in [4.78, 5) is 18.1. The minimum atomic E-state index is -0.524. The van der Waals surface area contributed by atoms with E-state index >= 15 is 0 Å². The number of anilines is 2. The Hall–Kier alpha value is -1.78. The fraction of sp³-hybridized carbons (Fsp3) is 0.571. The zero-order valence-electron chi connectivity index (χ0n) is 12.2. The van der Waals surface area contributed by atoms with Crippen LogP contribution in [0.2, 0.25) is 0 Å². The standard InChI is InChI=1S/C14H21N3O2/c1-13(2,3)19-12(18)17-8-14(4,5)9-6-7-10(15)16-11(9)17/h6-7H,8H2,1-5H3,(H2,15,16). The minimum Gasteiger partial charge on any atom is -0.443 e. The highest BCUT2D eigenvalue weighted by molar-refractivity contribution is 5.90. The summed E-state index contributed by atoms with van der Waals surface area (Å²) in [6.07, 6.45) is -0.377. The van der Waals surface area contributed by atoms with Gasteiger partial charge in [-0.15, -0.1) is 0 Å². The Labute approximate surface area is 113 Å². The first-order chi connectivity index (χ1) is 8.60. The van der Waals surface area contributed by atoms with Crippen LogP contribution in [0.3, 0.4) is 0 Å². The van der Waals surface area contributed by atoms with Gasteiger partial charge in [-0.25, -0.2) is 9.78 Å². The summed E-state index contributed by atoms with van der Waals surface area (Å²) in [6.45, 7) is 10.2. The van der Waals surface area contributed by atoms with E-state index in [2.05, 4.69) is 18.8 Å². The van der Waals surface area contributed by atoms with E-state index in [1.807, 2.05) is 26.8 Å². The van der Waals surface area contributed by atoms with Gasteiger partial charge < -0.3 is 10.5 Å². The average molecular weight is 263 g/mol. The zero-order chi connectivity index (χ0) is 14.4. The summed E-state index contributed by atoms with van der Waals surface area (Å²) in [5.41, 5.74) is 6.07. The van der Waals surface area contributed by atoms with Gasteiger partial charge in [0.15, 0.2) is 0 Å². The van der Waals surface area contributed by atoms with Crippen molar-refractivity contribution in [3.05, 3.63) is 17.7 Å². The first-order valence-corrected chi connectivity index (χ1v) is 6.38. The molecule has 0 fully saturated rings. The third-order valence-corrected chi connectivity index (χ3v) is 3.05. The molecule has 2 heterocycles. The van der Waals surface area contributed by atoms with Crippen LogP contribution >= 0.6 is 0 Å². The smallest absolute Gasteiger partial charge is 0.416 e. The van der Waals surface area contributed by atoms with Crippen LogP contribution in [0, 0.1) is 0 Å². The van der Waals surface area contributed by atoms with Crippen LogP contribution in [0.5, 0.6) is 0 Å². The van der Waals surface area contributed by atoms with Crippen molar-refractivity contribution >= 4 is 17.7 Å². The number of rotatable bonds is 0. The fourth-order valence-corrected chi connectivity index (χ4v) is 2.22. The zero-order valence-corrected chi connectivity index (χ0v) is 12.2. The normalized spacial score (nSPS) is 17.2. The van der Waals surface area contributed by atoms with Gasteiger partial charge in [-0.05, 0) is 26.8 Å². The van der Waals surface area contributed by atoms with Crippen LogP contribution in [0.25, 0.3) is 0 Å². The molecule has 1 aromatic heterocycles. The van der Waals surface area contributed by atoms with Gasteiger partial charge in [-0.1, -0.05) is 19.9 Å². The molecule has 5 nitrogen and oxygen atoms in total. The monoisotopic (exact) mass is 263 g/mol. The Morgan fingerprint density at radius 2 is 2.05 bits per heavy atom. The number of amides is 1. The van der Waals surface area contributed by atoms with Gasteiger partial charge in [0.1, 0.15) is 17.2 Å². The second kappa shape index (κ2) is 4.11. The van der Waals surface area contributed by atoms with Crippen molar-refractivity contribution in [1.29, 1.82) is 0 Å². The Morgan fingerprint density at radius 3 is 2.63 bits per heavy atom. The van der Waals surface area contributed by atoms with Gasteiger partial charge in [-0.3, -0.25) is 4.90 Å². The van der Waals surface area contributed by atoms with Crippen molar-refractivity contribution < 1.29 is 9.53 Å². The third-order valence-electron chi connectivity index (χ3n) is 3.05. The lowest BCUT2D eigenvalue weighted by molar-refractivity contribution is 0.0578. The number of nitrogens with zero attached hydrogens (tertiary/aromatic N) is 2. The Kier molecular flexibility index (Phi) is 2.96. The van der Waals surface area contributed by atoms with Crippen molar-refractivity contribution in [1.82, 2.24) is 4.98 Å². The molecule has 0 saturated heterocycles. The molecule has 5 heteroatoms. The van der Waals surface area contributed by atoms with Crippen LogP contribution in [0.15, 0.2) is 12.1 Å². The lowest BCUT2D eigenvalue weighted by Gasteiger charge is -2.25. The van der Waals surface area contributed by atoms with Crippen LogP contribution in [-0.2, 0) is 10.2 Å². The maximum atomic E-state index is 12.2. The van der Waals surface area contributed by atoms with Gasteiger partial charge in [-0.2, -0.15) is 0 Å². The van der Waals surface area contributed by atoms with Gasteiger partial charge in [0.25, 0.3) is 0 Å². The van der Waals surface area contributed by atoms with E-state index in [9.17, 15) is 4.79 Å². The molecule has 2 N–H and O–H groups in total. The number of nitrogen functional groups attached to an aromatic ring is 1. The van der Waals surface area contributed by atoms with Crippen molar-refractivity contribution in [3.63, 3.8) is 0 Å². The third kappa shape index (κ3) is 2.64. The quantitative estimate of drug-likeness (QED) is 0.781. The first-order valence-electron chi connectivity index (χ1n) is 6.38. The van der Waals surface area contributed by atoms with Crippen molar-refractivity contribution in [2.75, 3.05) is 17.2 Å². The summed E-state index contributed by atoms with van der Waals surface area (Å²) < 4.78 is 5.42. The molecule has 0 radical (unpaired) electrons. The molecule has 0 aromatic carbocycles. The molecule has 19 heavy (non-hydrogen) atoms. The molecule has 1 aromatic rings. The van der Waals surface area contributed by atoms with E-state index in [0.29, 0.717) is 18.2 Å². The Bertz CT molecular complexity index is 518. The number of hydrogen-bond donors (Lipinski definition) is 1. The number of carbonyl (C=O) groups excluding carboxylic acids is 1. The predicted octanol–water partition coefficient (Wildman–Crippen LogP) is 2.70. The highest BCUT2D eigenvalue weighted by atomic mass is 16.6. The van der Waals surface area contributed by atoms with E-state index in [1.165, 1.54) is 0 Å². The van der Waals surface area contributed by atoms with E-state index < -0.39 is 5.60 Å². The summed E-state index contributed by atoms with van der Waals surface area (Å²) in [7, 11) is 0. The predicted molar refractivity (Wildman–Crippen MR) is 75.3 cm³/mol. The molecule has 1 amide bonds. The van der Waals surface area contributed by atoms with E-state index in [-0.39, 0.29) is 11.5 Å².